The molecule has 0 amide bonds. The lowest BCUT2D eigenvalue weighted by Gasteiger charge is -2.08. The summed E-state index contributed by atoms with van der Waals surface area (Å²) in [6.07, 6.45) is -0.803. The number of aromatic nitrogens is 4. The van der Waals surface area contributed by atoms with E-state index in [9.17, 15) is 23.1 Å². The Labute approximate surface area is 166 Å². The highest BCUT2D eigenvalue weighted by Gasteiger charge is 2.18. The molecular weight excluding hydrogens is 398 g/mol. The van der Waals surface area contributed by atoms with Crippen LogP contribution in [0.15, 0.2) is 38.8 Å². The third-order valence-electron chi connectivity index (χ3n) is 4.50. The van der Waals surface area contributed by atoms with Gasteiger partial charge in [-0.15, -0.1) is 0 Å². The molecule has 0 aliphatic rings. The predicted molar refractivity (Wildman–Crippen MR) is 108 cm³/mol. The van der Waals surface area contributed by atoms with Gasteiger partial charge in [-0.3, -0.25) is 13.9 Å². The van der Waals surface area contributed by atoms with Gasteiger partial charge in [0.1, 0.15) is 11.3 Å². The van der Waals surface area contributed by atoms with E-state index in [-0.39, 0.29) is 29.1 Å². The number of aryl methyl sites for hydroxylation is 1. The molecule has 3 N–H and O–H groups in total. The van der Waals surface area contributed by atoms with Gasteiger partial charge >= 0.3 is 5.69 Å². The van der Waals surface area contributed by atoms with E-state index in [4.69, 9.17) is 0 Å². The van der Waals surface area contributed by atoms with Gasteiger partial charge in [0.25, 0.3) is 5.56 Å². The lowest BCUT2D eigenvalue weighted by atomic mass is 10.2. The van der Waals surface area contributed by atoms with Crippen molar-refractivity contribution in [2.75, 3.05) is 6.54 Å². The molecule has 2 aromatic heterocycles. The molecule has 3 aromatic rings. The summed E-state index contributed by atoms with van der Waals surface area (Å²) in [4.78, 5) is 32.4. The van der Waals surface area contributed by atoms with Crippen molar-refractivity contribution in [2.24, 2.45) is 0 Å². The molecule has 0 spiro atoms. The molecule has 3 rings (SSSR count). The van der Waals surface area contributed by atoms with Crippen LogP contribution in [-0.2, 0) is 23.1 Å². The maximum absolute atomic E-state index is 12.6. The monoisotopic (exact) mass is 421 g/mol. The van der Waals surface area contributed by atoms with Gasteiger partial charge in [0.15, 0.2) is 5.65 Å². The second-order valence-electron chi connectivity index (χ2n) is 6.59. The van der Waals surface area contributed by atoms with Crippen molar-refractivity contribution in [1.82, 2.24) is 23.8 Å². The number of H-pyrrole nitrogens is 1. The highest BCUT2D eigenvalue weighted by molar-refractivity contribution is 7.89. The number of nitrogens with one attached hydrogen (secondary N) is 2. The molecule has 29 heavy (non-hydrogen) atoms. The number of aliphatic hydroxyl groups excluding tert-OH is 1. The van der Waals surface area contributed by atoms with Crippen LogP contribution in [0.4, 0.5) is 0 Å². The molecule has 11 heteroatoms. The second-order valence-corrected chi connectivity index (χ2v) is 8.35. The predicted octanol–water partition coefficient (Wildman–Crippen LogP) is 0.252. The van der Waals surface area contributed by atoms with Gasteiger partial charge in [-0.25, -0.2) is 22.9 Å². The largest absolute Gasteiger partial charge is 0.392 e. The Morgan fingerprint density at radius 1 is 1.14 bits per heavy atom. The molecular formula is C18H23N5O5S. The zero-order valence-electron chi connectivity index (χ0n) is 16.3. The first-order valence-corrected chi connectivity index (χ1v) is 10.7. The first-order chi connectivity index (χ1) is 13.7. The zero-order valence-corrected chi connectivity index (χ0v) is 17.2. The Kier molecular flexibility index (Phi) is 5.73. The fourth-order valence-electron chi connectivity index (χ4n) is 2.97. The van der Waals surface area contributed by atoms with Crippen LogP contribution < -0.4 is 16.0 Å². The lowest BCUT2D eigenvalue weighted by molar-refractivity contribution is 0.198. The molecule has 0 unspecified atom stereocenters. The van der Waals surface area contributed by atoms with Gasteiger partial charge in [-0.2, -0.15) is 0 Å². The summed E-state index contributed by atoms with van der Waals surface area (Å²) in [6, 6.07) is 5.93. The molecule has 156 valence electrons. The van der Waals surface area contributed by atoms with E-state index in [1.165, 1.54) is 23.6 Å². The van der Waals surface area contributed by atoms with Crippen LogP contribution >= 0.6 is 0 Å². The average Bonchev–Trinajstić information content (AvgIpc) is 3.13. The first kappa shape index (κ1) is 21.0. The van der Waals surface area contributed by atoms with Crippen LogP contribution in [0.1, 0.15) is 20.8 Å². The molecule has 0 aliphatic carbocycles. The minimum absolute atomic E-state index is 0.0387. The molecule has 0 radical (unpaired) electrons. The number of hydrogen-bond acceptors (Lipinski definition) is 6. The molecule has 2 heterocycles. The summed E-state index contributed by atoms with van der Waals surface area (Å²) in [7, 11) is -3.75. The summed E-state index contributed by atoms with van der Waals surface area (Å²) in [6.45, 7) is 5.50. The van der Waals surface area contributed by atoms with Gasteiger partial charge in [0.05, 0.1) is 11.0 Å². The van der Waals surface area contributed by atoms with Gasteiger partial charge in [0.2, 0.25) is 10.0 Å². The molecule has 0 saturated heterocycles. The normalized spacial score (nSPS) is 13.1. The van der Waals surface area contributed by atoms with Crippen molar-refractivity contribution < 1.29 is 13.5 Å². The maximum atomic E-state index is 12.6. The van der Waals surface area contributed by atoms with E-state index >= 15 is 0 Å². The Morgan fingerprint density at radius 2 is 1.76 bits per heavy atom. The maximum Gasteiger partial charge on any atom is 0.332 e. The Morgan fingerprint density at radius 3 is 2.31 bits per heavy atom. The Balaban J connectivity index is 2.05. The van der Waals surface area contributed by atoms with Crippen molar-refractivity contribution in [3.8, 4) is 11.4 Å². The molecule has 0 saturated carbocycles. The number of aromatic amines is 1. The number of sulfonamides is 1. The quantitative estimate of drug-likeness (QED) is 0.500. The van der Waals surface area contributed by atoms with Gasteiger partial charge < -0.3 is 10.1 Å². The van der Waals surface area contributed by atoms with Gasteiger partial charge in [0, 0.05) is 25.2 Å². The fourth-order valence-corrected chi connectivity index (χ4v) is 4.09. The zero-order chi connectivity index (χ0) is 21.3. The molecule has 0 aliphatic heterocycles. The van der Waals surface area contributed by atoms with E-state index in [0.717, 1.165) is 4.57 Å². The summed E-state index contributed by atoms with van der Waals surface area (Å²) < 4.78 is 29.3. The lowest BCUT2D eigenvalue weighted by Crippen LogP contribution is -2.39. The highest BCUT2D eigenvalue weighted by atomic mass is 32.2. The first-order valence-electron chi connectivity index (χ1n) is 9.21. The van der Waals surface area contributed by atoms with Crippen molar-refractivity contribution in [3.63, 3.8) is 0 Å². The van der Waals surface area contributed by atoms with Gasteiger partial charge in [-0.05, 0) is 45.0 Å². The van der Waals surface area contributed by atoms with Crippen LogP contribution in [0.3, 0.4) is 0 Å². The SMILES string of the molecule is CCn1c(=O)c2[nH]c(-c3ccc(S(=O)(=O)NC[C@H](C)O)cc3)nc2n(CC)c1=O. The number of imidazole rings is 1. The van der Waals surface area contributed by atoms with E-state index in [1.54, 1.807) is 26.0 Å². The third-order valence-corrected chi connectivity index (χ3v) is 5.94. The molecule has 0 bridgehead atoms. The van der Waals surface area contributed by atoms with Crippen molar-refractivity contribution >= 4 is 21.2 Å². The van der Waals surface area contributed by atoms with Gasteiger partial charge in [-0.1, -0.05) is 0 Å². The summed E-state index contributed by atoms with van der Waals surface area (Å²) in [5.74, 6) is 0.355. The summed E-state index contributed by atoms with van der Waals surface area (Å²) in [5, 5.41) is 9.26. The molecule has 0 fully saturated rings. The Bertz CT molecular complexity index is 1250. The number of benzene rings is 1. The molecule has 1 atom stereocenters. The number of aliphatic hydroxyl groups is 1. The smallest absolute Gasteiger partial charge is 0.332 e. The number of fused-ring (bicyclic) bond motifs is 1. The van der Waals surface area contributed by atoms with Crippen LogP contribution in [0.25, 0.3) is 22.6 Å². The third kappa shape index (κ3) is 3.88. The summed E-state index contributed by atoms with van der Waals surface area (Å²) >= 11 is 0. The molecule has 1 aromatic carbocycles. The standard InChI is InChI=1S/C18H23N5O5S/c1-4-22-16-14(17(25)23(5-2)18(22)26)20-15(21-16)12-6-8-13(9-7-12)29(27,28)19-10-11(3)24/h6-9,11,19,24H,4-5,10H2,1-3H3,(H,20,21)/t11-/m0/s1. The number of nitrogens with zero attached hydrogens (tertiary/aromatic N) is 3. The van der Waals surface area contributed by atoms with Crippen molar-refractivity contribution in [1.29, 1.82) is 0 Å². The molecule has 10 nitrogen and oxygen atoms in total. The van der Waals surface area contributed by atoms with Crippen LogP contribution in [-0.4, -0.2) is 45.3 Å². The number of rotatable bonds is 7. The van der Waals surface area contributed by atoms with E-state index in [1.807, 2.05) is 0 Å². The van der Waals surface area contributed by atoms with E-state index in [0.29, 0.717) is 17.9 Å². The van der Waals surface area contributed by atoms with Crippen LogP contribution in [0, 0.1) is 0 Å². The van der Waals surface area contributed by atoms with Crippen LogP contribution in [0.5, 0.6) is 0 Å². The summed E-state index contributed by atoms with van der Waals surface area (Å²) in [5.41, 5.74) is 0.179. The topological polar surface area (TPSA) is 139 Å². The average molecular weight is 421 g/mol. The van der Waals surface area contributed by atoms with Crippen LogP contribution in [0.2, 0.25) is 0 Å². The minimum atomic E-state index is -3.75. The highest BCUT2D eigenvalue weighted by Crippen LogP contribution is 2.20. The van der Waals surface area contributed by atoms with Crippen molar-refractivity contribution in [2.45, 2.75) is 44.9 Å². The van der Waals surface area contributed by atoms with E-state index in [2.05, 4.69) is 14.7 Å². The number of hydrogen-bond donors (Lipinski definition) is 3. The van der Waals surface area contributed by atoms with E-state index < -0.39 is 27.4 Å². The van der Waals surface area contributed by atoms with Crippen molar-refractivity contribution in [3.05, 3.63) is 45.1 Å². The minimum Gasteiger partial charge on any atom is -0.392 e. The second kappa shape index (κ2) is 7.93. The fraction of sp³-hybridized carbons (Fsp3) is 0.389. The Hall–Kier alpha value is -2.76.